The summed E-state index contributed by atoms with van der Waals surface area (Å²) in [5, 5.41) is 3.80. The Labute approximate surface area is 183 Å². The van der Waals surface area contributed by atoms with Crippen molar-refractivity contribution in [1.29, 1.82) is 0 Å². The SMILES string of the molecule is O=C(COc1ccc(Cl)c(C(F)(F)F)c1)Nc1ccc(S(=O)(=O)Nc2nccs2)cc1. The number of rotatable bonds is 7. The summed E-state index contributed by atoms with van der Waals surface area (Å²) < 4.78 is 70.5. The number of thiazole rings is 1. The van der Waals surface area contributed by atoms with Gasteiger partial charge in [0.15, 0.2) is 11.7 Å². The second kappa shape index (κ2) is 9.12. The van der Waals surface area contributed by atoms with Gasteiger partial charge >= 0.3 is 6.18 Å². The van der Waals surface area contributed by atoms with Crippen LogP contribution in [0.1, 0.15) is 5.56 Å². The van der Waals surface area contributed by atoms with E-state index in [0.717, 1.165) is 17.4 Å². The molecule has 3 rings (SSSR count). The first kappa shape index (κ1) is 22.8. The van der Waals surface area contributed by atoms with E-state index in [1.54, 1.807) is 5.38 Å². The highest BCUT2D eigenvalue weighted by molar-refractivity contribution is 7.93. The molecule has 0 bridgehead atoms. The largest absolute Gasteiger partial charge is 0.484 e. The van der Waals surface area contributed by atoms with Crippen LogP contribution in [0.3, 0.4) is 0 Å². The zero-order valence-corrected chi connectivity index (χ0v) is 17.7. The topological polar surface area (TPSA) is 97.4 Å². The molecule has 7 nitrogen and oxygen atoms in total. The Bertz CT molecular complexity index is 1170. The smallest absolute Gasteiger partial charge is 0.417 e. The highest BCUT2D eigenvalue weighted by Gasteiger charge is 2.33. The first-order chi connectivity index (χ1) is 14.5. The molecule has 0 saturated carbocycles. The molecule has 1 amide bonds. The third-order valence-corrected chi connectivity index (χ3v) is 6.22. The second-order valence-electron chi connectivity index (χ2n) is 5.94. The van der Waals surface area contributed by atoms with Gasteiger partial charge in [0, 0.05) is 17.3 Å². The van der Waals surface area contributed by atoms with E-state index < -0.39 is 39.3 Å². The van der Waals surface area contributed by atoms with Gasteiger partial charge in [-0.25, -0.2) is 13.4 Å². The summed E-state index contributed by atoms with van der Waals surface area (Å²) in [5.74, 6) is -0.832. The molecule has 1 aromatic heterocycles. The van der Waals surface area contributed by atoms with Crippen LogP contribution in [0.2, 0.25) is 5.02 Å². The van der Waals surface area contributed by atoms with E-state index in [4.69, 9.17) is 16.3 Å². The van der Waals surface area contributed by atoms with Gasteiger partial charge in [0.1, 0.15) is 5.75 Å². The zero-order valence-electron chi connectivity index (χ0n) is 15.3. The van der Waals surface area contributed by atoms with Gasteiger partial charge in [0.25, 0.3) is 15.9 Å². The maximum Gasteiger partial charge on any atom is 0.417 e. The lowest BCUT2D eigenvalue weighted by atomic mass is 10.2. The van der Waals surface area contributed by atoms with E-state index in [0.29, 0.717) is 6.07 Å². The minimum atomic E-state index is -4.66. The third-order valence-electron chi connectivity index (χ3n) is 3.72. The molecule has 0 unspecified atom stereocenters. The van der Waals surface area contributed by atoms with Crippen molar-refractivity contribution in [1.82, 2.24) is 4.98 Å². The van der Waals surface area contributed by atoms with Crippen LogP contribution in [0.25, 0.3) is 0 Å². The van der Waals surface area contributed by atoms with E-state index in [1.165, 1.54) is 36.5 Å². The molecule has 13 heteroatoms. The molecule has 0 aliphatic heterocycles. The number of hydrogen-bond acceptors (Lipinski definition) is 6. The molecule has 2 N–H and O–H groups in total. The summed E-state index contributed by atoms with van der Waals surface area (Å²) in [6.45, 7) is -0.565. The maximum absolute atomic E-state index is 12.9. The minimum Gasteiger partial charge on any atom is -0.484 e. The fraction of sp³-hybridized carbons (Fsp3) is 0.111. The number of benzene rings is 2. The Morgan fingerprint density at radius 1 is 1.16 bits per heavy atom. The first-order valence-electron chi connectivity index (χ1n) is 8.36. The molecule has 0 aliphatic rings. The number of nitrogens with zero attached hydrogens (tertiary/aromatic N) is 1. The molecule has 31 heavy (non-hydrogen) atoms. The van der Waals surface area contributed by atoms with Crippen molar-refractivity contribution in [2.24, 2.45) is 0 Å². The Morgan fingerprint density at radius 2 is 1.87 bits per heavy atom. The monoisotopic (exact) mass is 491 g/mol. The molecule has 2 aromatic carbocycles. The van der Waals surface area contributed by atoms with Gasteiger partial charge in [-0.3, -0.25) is 9.52 Å². The number of aromatic nitrogens is 1. The van der Waals surface area contributed by atoms with Crippen molar-refractivity contribution < 1.29 is 31.1 Å². The Kier molecular flexibility index (Phi) is 6.72. The molecule has 0 atom stereocenters. The van der Waals surface area contributed by atoms with Crippen LogP contribution in [0.5, 0.6) is 5.75 Å². The fourth-order valence-electron chi connectivity index (χ4n) is 2.32. The normalized spacial score (nSPS) is 11.7. The van der Waals surface area contributed by atoms with Crippen LogP contribution in [-0.4, -0.2) is 25.9 Å². The molecule has 0 fully saturated rings. The Hall–Kier alpha value is -2.83. The predicted octanol–water partition coefficient (Wildman–Crippen LogP) is 4.63. The number of carbonyl (C=O) groups is 1. The maximum atomic E-state index is 12.9. The summed E-state index contributed by atoms with van der Waals surface area (Å²) in [7, 11) is -3.84. The van der Waals surface area contributed by atoms with Crippen molar-refractivity contribution in [2.75, 3.05) is 16.6 Å². The number of halogens is 4. The van der Waals surface area contributed by atoms with Crippen LogP contribution in [0.15, 0.2) is 58.9 Å². The van der Waals surface area contributed by atoms with Crippen LogP contribution >= 0.6 is 22.9 Å². The minimum absolute atomic E-state index is 0.0437. The lowest BCUT2D eigenvalue weighted by Gasteiger charge is -2.12. The van der Waals surface area contributed by atoms with Gasteiger partial charge in [-0.1, -0.05) is 11.6 Å². The number of sulfonamides is 1. The van der Waals surface area contributed by atoms with Crippen molar-refractivity contribution in [3.05, 3.63) is 64.6 Å². The number of anilines is 2. The van der Waals surface area contributed by atoms with Crippen LogP contribution in [0, 0.1) is 0 Å². The van der Waals surface area contributed by atoms with E-state index in [2.05, 4.69) is 15.0 Å². The van der Waals surface area contributed by atoms with Gasteiger partial charge in [0.05, 0.1) is 15.5 Å². The number of carbonyl (C=O) groups excluding carboxylic acids is 1. The van der Waals surface area contributed by atoms with Crippen molar-refractivity contribution >= 4 is 49.7 Å². The van der Waals surface area contributed by atoms with Gasteiger partial charge < -0.3 is 10.1 Å². The number of ether oxygens (including phenoxy) is 1. The van der Waals surface area contributed by atoms with E-state index >= 15 is 0 Å². The number of nitrogens with one attached hydrogen (secondary N) is 2. The van der Waals surface area contributed by atoms with Crippen molar-refractivity contribution in [3.8, 4) is 5.75 Å². The average molecular weight is 492 g/mol. The highest BCUT2D eigenvalue weighted by atomic mass is 35.5. The van der Waals surface area contributed by atoms with Crippen LogP contribution in [-0.2, 0) is 21.0 Å². The second-order valence-corrected chi connectivity index (χ2v) is 8.93. The number of amides is 1. The quantitative estimate of drug-likeness (QED) is 0.502. The number of hydrogen-bond donors (Lipinski definition) is 2. The third kappa shape index (κ3) is 6.09. The van der Waals surface area contributed by atoms with Gasteiger partial charge in [0.2, 0.25) is 0 Å². The molecule has 164 valence electrons. The molecule has 0 spiro atoms. The van der Waals surface area contributed by atoms with E-state index in [9.17, 15) is 26.4 Å². The molecular formula is C18H13ClF3N3O4S2. The van der Waals surface area contributed by atoms with E-state index in [1.807, 2.05) is 0 Å². The van der Waals surface area contributed by atoms with Crippen LogP contribution in [0.4, 0.5) is 24.0 Å². The summed E-state index contributed by atoms with van der Waals surface area (Å²) in [5.41, 5.74) is -0.802. The van der Waals surface area contributed by atoms with Gasteiger partial charge in [-0.2, -0.15) is 13.2 Å². The summed E-state index contributed by atoms with van der Waals surface area (Å²) in [4.78, 5) is 15.8. The van der Waals surface area contributed by atoms with Gasteiger partial charge in [-0.15, -0.1) is 11.3 Å². The Balaban J connectivity index is 1.59. The lowest BCUT2D eigenvalue weighted by Crippen LogP contribution is -2.20. The first-order valence-corrected chi connectivity index (χ1v) is 11.1. The lowest BCUT2D eigenvalue weighted by molar-refractivity contribution is -0.137. The summed E-state index contributed by atoms with van der Waals surface area (Å²) in [6.07, 6.45) is -3.20. The predicted molar refractivity (Wildman–Crippen MR) is 110 cm³/mol. The summed E-state index contributed by atoms with van der Waals surface area (Å²) in [6, 6.07) is 8.21. The van der Waals surface area contributed by atoms with Crippen molar-refractivity contribution in [2.45, 2.75) is 11.1 Å². The Morgan fingerprint density at radius 3 is 2.48 bits per heavy atom. The molecule has 3 aromatic rings. The standard InChI is InChI=1S/C18H13ClF3N3O4S2/c19-15-6-3-12(9-14(15)18(20,21)22)29-10-16(26)24-11-1-4-13(5-2-11)31(27,28)25-17-23-7-8-30-17/h1-9H,10H2,(H,23,25)(H,24,26). The van der Waals surface area contributed by atoms with E-state index in [-0.39, 0.29) is 21.5 Å². The molecular weight excluding hydrogens is 479 g/mol. The number of alkyl halides is 3. The highest BCUT2D eigenvalue weighted by Crippen LogP contribution is 2.36. The molecule has 0 aliphatic carbocycles. The molecule has 0 saturated heterocycles. The fourth-order valence-corrected chi connectivity index (χ4v) is 4.34. The molecule has 0 radical (unpaired) electrons. The average Bonchev–Trinajstić information content (AvgIpc) is 3.19. The molecule has 1 heterocycles. The van der Waals surface area contributed by atoms with Crippen molar-refractivity contribution in [3.63, 3.8) is 0 Å². The van der Waals surface area contributed by atoms with Crippen LogP contribution < -0.4 is 14.8 Å². The van der Waals surface area contributed by atoms with Gasteiger partial charge in [-0.05, 0) is 42.5 Å². The summed E-state index contributed by atoms with van der Waals surface area (Å²) >= 11 is 6.65. The zero-order chi connectivity index (χ0) is 22.6.